The smallest absolute Gasteiger partial charge is 0.291 e. The second kappa shape index (κ2) is 5.44. The highest BCUT2D eigenvalue weighted by Gasteiger charge is 2.16. The van der Waals surface area contributed by atoms with Gasteiger partial charge in [0.05, 0.1) is 5.52 Å². The average molecular weight is 296 g/mol. The summed E-state index contributed by atoms with van der Waals surface area (Å²) in [5, 5.41) is 11.0. The van der Waals surface area contributed by atoms with Crippen LogP contribution >= 0.6 is 0 Å². The predicted molar refractivity (Wildman–Crippen MR) is 84.2 cm³/mol. The molecule has 0 radical (unpaired) electrons. The van der Waals surface area contributed by atoms with Gasteiger partial charge in [0, 0.05) is 31.2 Å². The van der Waals surface area contributed by atoms with Crippen LogP contribution in [-0.2, 0) is 0 Å². The van der Waals surface area contributed by atoms with Crippen LogP contribution in [0.5, 0.6) is 0 Å². The van der Waals surface area contributed by atoms with E-state index in [0.29, 0.717) is 17.2 Å². The molecule has 0 atom stereocenters. The van der Waals surface area contributed by atoms with Crippen LogP contribution in [0.1, 0.15) is 16.3 Å². The molecule has 0 aliphatic carbocycles. The first-order valence-electron chi connectivity index (χ1n) is 6.82. The fourth-order valence-electron chi connectivity index (χ4n) is 2.07. The minimum atomic E-state index is -0.244. The summed E-state index contributed by atoms with van der Waals surface area (Å²) in [6.45, 7) is 1.91. The normalized spacial score (nSPS) is 10.7. The number of carbonyl (C=O) groups excluding carboxylic acids is 1. The van der Waals surface area contributed by atoms with Crippen LogP contribution in [0.2, 0.25) is 0 Å². The van der Waals surface area contributed by atoms with E-state index in [1.54, 1.807) is 14.1 Å². The first kappa shape index (κ1) is 14.0. The standard InChI is InChI=1S/C15H16N6O/c1-9-8-12(20-19-9)17-13-10-6-4-5-7-11(10)16-14(18-13)15(22)21(2)3/h4-8H,1-3H3,(H2,16,17,18,19,20). The molecule has 1 amide bonds. The number of carbonyl (C=O) groups is 1. The second-order valence-electron chi connectivity index (χ2n) is 5.17. The number of H-pyrrole nitrogens is 1. The summed E-state index contributed by atoms with van der Waals surface area (Å²) in [5.41, 5.74) is 1.64. The Kier molecular flexibility index (Phi) is 3.46. The molecule has 22 heavy (non-hydrogen) atoms. The molecule has 0 fully saturated rings. The first-order chi connectivity index (χ1) is 10.5. The van der Waals surface area contributed by atoms with Crippen molar-refractivity contribution >= 4 is 28.4 Å². The molecule has 0 unspecified atom stereocenters. The maximum atomic E-state index is 12.1. The summed E-state index contributed by atoms with van der Waals surface area (Å²) < 4.78 is 0. The largest absolute Gasteiger partial charge is 0.342 e. The van der Waals surface area contributed by atoms with E-state index in [9.17, 15) is 4.79 Å². The highest BCUT2D eigenvalue weighted by Crippen LogP contribution is 2.23. The Morgan fingerprint density at radius 1 is 1.23 bits per heavy atom. The lowest BCUT2D eigenvalue weighted by molar-refractivity contribution is 0.0816. The van der Waals surface area contributed by atoms with Crippen molar-refractivity contribution < 1.29 is 4.79 Å². The molecule has 0 saturated carbocycles. The van der Waals surface area contributed by atoms with Gasteiger partial charge in [-0.2, -0.15) is 5.10 Å². The number of amides is 1. The molecule has 2 aromatic heterocycles. The van der Waals surface area contributed by atoms with Crippen molar-refractivity contribution in [1.82, 2.24) is 25.1 Å². The van der Waals surface area contributed by atoms with Gasteiger partial charge in [0.2, 0.25) is 5.82 Å². The number of fused-ring (bicyclic) bond motifs is 1. The summed E-state index contributed by atoms with van der Waals surface area (Å²) in [7, 11) is 3.34. The Bertz CT molecular complexity index is 839. The zero-order valence-corrected chi connectivity index (χ0v) is 12.6. The third kappa shape index (κ3) is 2.60. The number of para-hydroxylation sites is 1. The van der Waals surface area contributed by atoms with Crippen LogP contribution in [0.15, 0.2) is 30.3 Å². The van der Waals surface area contributed by atoms with Gasteiger partial charge in [-0.25, -0.2) is 9.97 Å². The van der Waals surface area contributed by atoms with Crippen molar-refractivity contribution in [2.24, 2.45) is 0 Å². The molecule has 1 aromatic carbocycles. The summed E-state index contributed by atoms with van der Waals surface area (Å²) in [6, 6.07) is 9.40. The topological polar surface area (TPSA) is 86.8 Å². The van der Waals surface area contributed by atoms with E-state index in [-0.39, 0.29) is 11.7 Å². The van der Waals surface area contributed by atoms with Crippen molar-refractivity contribution in [2.75, 3.05) is 19.4 Å². The maximum Gasteiger partial charge on any atom is 0.291 e. The summed E-state index contributed by atoms with van der Waals surface area (Å²) in [4.78, 5) is 22.3. The highest BCUT2D eigenvalue weighted by atomic mass is 16.2. The van der Waals surface area contributed by atoms with Gasteiger partial charge in [0.15, 0.2) is 5.82 Å². The van der Waals surface area contributed by atoms with E-state index >= 15 is 0 Å². The van der Waals surface area contributed by atoms with E-state index in [4.69, 9.17) is 0 Å². The van der Waals surface area contributed by atoms with E-state index in [2.05, 4.69) is 25.5 Å². The molecule has 3 aromatic rings. The quantitative estimate of drug-likeness (QED) is 0.773. The molecule has 0 bridgehead atoms. The van der Waals surface area contributed by atoms with Crippen molar-refractivity contribution in [1.29, 1.82) is 0 Å². The lowest BCUT2D eigenvalue weighted by Crippen LogP contribution is -2.24. The zero-order valence-electron chi connectivity index (χ0n) is 12.6. The average Bonchev–Trinajstić information content (AvgIpc) is 2.91. The Labute approximate surface area is 127 Å². The summed E-state index contributed by atoms with van der Waals surface area (Å²) in [5.74, 6) is 1.11. The molecule has 0 aliphatic heterocycles. The fourth-order valence-corrected chi connectivity index (χ4v) is 2.07. The molecular formula is C15H16N6O. The Morgan fingerprint density at radius 3 is 2.68 bits per heavy atom. The number of aromatic nitrogens is 4. The number of hydrogen-bond donors (Lipinski definition) is 2. The molecule has 7 heteroatoms. The van der Waals surface area contributed by atoms with Gasteiger partial charge >= 0.3 is 0 Å². The number of aryl methyl sites for hydroxylation is 1. The fraction of sp³-hybridized carbons (Fsp3) is 0.200. The number of benzene rings is 1. The predicted octanol–water partition coefficient (Wildman–Crippen LogP) is 2.11. The van der Waals surface area contributed by atoms with Crippen LogP contribution in [-0.4, -0.2) is 45.1 Å². The van der Waals surface area contributed by atoms with Crippen LogP contribution in [0.4, 0.5) is 11.6 Å². The molecule has 0 spiro atoms. The summed E-state index contributed by atoms with van der Waals surface area (Å²) >= 11 is 0. The van der Waals surface area contributed by atoms with E-state index < -0.39 is 0 Å². The van der Waals surface area contributed by atoms with Gasteiger partial charge in [-0.3, -0.25) is 9.89 Å². The lowest BCUT2D eigenvalue weighted by atomic mass is 10.2. The van der Waals surface area contributed by atoms with E-state index in [1.807, 2.05) is 37.3 Å². The molecular weight excluding hydrogens is 280 g/mol. The van der Waals surface area contributed by atoms with E-state index in [0.717, 1.165) is 11.1 Å². The molecule has 7 nitrogen and oxygen atoms in total. The number of anilines is 2. The third-order valence-corrected chi connectivity index (χ3v) is 3.15. The van der Waals surface area contributed by atoms with Crippen LogP contribution in [0.3, 0.4) is 0 Å². The number of nitrogens with zero attached hydrogens (tertiary/aromatic N) is 4. The maximum absolute atomic E-state index is 12.1. The van der Waals surface area contributed by atoms with Gasteiger partial charge in [-0.05, 0) is 19.1 Å². The number of rotatable bonds is 3. The van der Waals surface area contributed by atoms with Crippen LogP contribution < -0.4 is 5.32 Å². The number of hydrogen-bond acceptors (Lipinski definition) is 5. The van der Waals surface area contributed by atoms with Crippen LogP contribution in [0, 0.1) is 6.92 Å². The molecule has 0 saturated heterocycles. The molecule has 2 heterocycles. The second-order valence-corrected chi connectivity index (χ2v) is 5.17. The Hall–Kier alpha value is -2.96. The highest BCUT2D eigenvalue weighted by molar-refractivity contribution is 5.96. The van der Waals surface area contributed by atoms with Gasteiger partial charge in [-0.1, -0.05) is 12.1 Å². The van der Waals surface area contributed by atoms with Crippen molar-refractivity contribution in [2.45, 2.75) is 6.92 Å². The molecule has 3 rings (SSSR count). The Balaban J connectivity index is 2.11. The van der Waals surface area contributed by atoms with Gasteiger partial charge in [0.1, 0.15) is 5.82 Å². The van der Waals surface area contributed by atoms with Gasteiger partial charge in [-0.15, -0.1) is 0 Å². The Morgan fingerprint density at radius 2 is 2.00 bits per heavy atom. The number of nitrogens with one attached hydrogen (secondary N) is 2. The molecule has 112 valence electrons. The molecule has 0 aliphatic rings. The zero-order chi connectivity index (χ0) is 15.7. The van der Waals surface area contributed by atoms with Crippen molar-refractivity contribution in [3.05, 3.63) is 41.9 Å². The van der Waals surface area contributed by atoms with Crippen molar-refractivity contribution in [3.8, 4) is 0 Å². The minimum absolute atomic E-state index is 0.151. The SMILES string of the molecule is Cc1cc(Nc2nc(C(=O)N(C)C)nc3ccccc23)n[nH]1. The monoisotopic (exact) mass is 296 g/mol. The first-order valence-corrected chi connectivity index (χ1v) is 6.82. The summed E-state index contributed by atoms with van der Waals surface area (Å²) in [6.07, 6.45) is 0. The van der Waals surface area contributed by atoms with Gasteiger partial charge < -0.3 is 10.2 Å². The van der Waals surface area contributed by atoms with Gasteiger partial charge in [0.25, 0.3) is 5.91 Å². The van der Waals surface area contributed by atoms with E-state index in [1.165, 1.54) is 4.90 Å². The third-order valence-electron chi connectivity index (χ3n) is 3.15. The molecule has 2 N–H and O–H groups in total. The van der Waals surface area contributed by atoms with Crippen LogP contribution in [0.25, 0.3) is 10.9 Å². The lowest BCUT2D eigenvalue weighted by Gasteiger charge is -2.12. The minimum Gasteiger partial charge on any atom is -0.342 e. The number of aromatic amines is 1. The van der Waals surface area contributed by atoms with Crippen molar-refractivity contribution in [3.63, 3.8) is 0 Å².